The molecule has 2 aromatic rings. The molecule has 0 unspecified atom stereocenters. The molecule has 0 saturated carbocycles. The summed E-state index contributed by atoms with van der Waals surface area (Å²) in [6.07, 6.45) is 2.41. The van der Waals surface area contributed by atoms with Crippen LogP contribution >= 0.6 is 23.2 Å². The van der Waals surface area contributed by atoms with E-state index in [1.807, 2.05) is 6.92 Å². The van der Waals surface area contributed by atoms with E-state index in [0.717, 1.165) is 6.42 Å². The molecule has 8 nitrogen and oxygen atoms in total. The van der Waals surface area contributed by atoms with Crippen LogP contribution in [-0.4, -0.2) is 54.7 Å². The second kappa shape index (κ2) is 8.79. The van der Waals surface area contributed by atoms with Gasteiger partial charge in [-0.1, -0.05) is 30.1 Å². The van der Waals surface area contributed by atoms with Crippen LogP contribution in [0.3, 0.4) is 0 Å². The number of carbonyl (C=O) groups excluding carboxylic acids is 1. The summed E-state index contributed by atoms with van der Waals surface area (Å²) in [5, 5.41) is 6.88. The number of sulfonamides is 1. The molecule has 0 radical (unpaired) electrons. The highest BCUT2D eigenvalue weighted by Crippen LogP contribution is 2.31. The van der Waals surface area contributed by atoms with E-state index < -0.39 is 15.9 Å². The molecule has 0 bridgehead atoms. The SMILES string of the molecule is CCCn1nccc1NC(=O)c1cc(S(=O)(=O)N2CCOCC2)c(Cl)cc1Cl. The Morgan fingerprint density at radius 1 is 1.25 bits per heavy atom. The number of amides is 1. The van der Waals surface area contributed by atoms with Crippen LogP contribution in [0.4, 0.5) is 5.82 Å². The first-order valence-corrected chi connectivity index (χ1v) is 10.9. The molecule has 1 aliphatic rings. The van der Waals surface area contributed by atoms with Gasteiger partial charge >= 0.3 is 0 Å². The topological polar surface area (TPSA) is 93.5 Å². The molecule has 2 heterocycles. The summed E-state index contributed by atoms with van der Waals surface area (Å²) in [5.74, 6) is -0.0478. The monoisotopic (exact) mass is 446 g/mol. The molecular weight excluding hydrogens is 427 g/mol. The van der Waals surface area contributed by atoms with Gasteiger partial charge in [-0.25, -0.2) is 13.1 Å². The average molecular weight is 447 g/mol. The number of halogens is 2. The van der Waals surface area contributed by atoms with Crippen molar-refractivity contribution in [3.8, 4) is 0 Å². The van der Waals surface area contributed by atoms with Crippen LogP contribution in [0, 0.1) is 0 Å². The molecule has 0 spiro atoms. The summed E-state index contributed by atoms with van der Waals surface area (Å²) in [7, 11) is -3.88. The maximum atomic E-state index is 12.9. The molecule has 1 saturated heterocycles. The van der Waals surface area contributed by atoms with Crippen LogP contribution in [0.2, 0.25) is 10.0 Å². The van der Waals surface area contributed by atoms with Gasteiger partial charge in [0.05, 0.1) is 35.0 Å². The zero-order valence-corrected chi connectivity index (χ0v) is 17.5. The highest BCUT2D eigenvalue weighted by Gasteiger charge is 2.30. The Labute approximate surface area is 173 Å². The van der Waals surface area contributed by atoms with Gasteiger partial charge in [-0.15, -0.1) is 0 Å². The number of aryl methyl sites for hydroxylation is 1. The molecule has 152 valence electrons. The fourth-order valence-corrected chi connectivity index (χ4v) is 5.08. The number of aromatic nitrogens is 2. The van der Waals surface area contributed by atoms with Gasteiger partial charge in [-0.05, 0) is 18.6 Å². The molecule has 1 fully saturated rings. The van der Waals surface area contributed by atoms with Gasteiger partial charge in [0, 0.05) is 25.7 Å². The van der Waals surface area contributed by atoms with E-state index >= 15 is 0 Å². The maximum Gasteiger partial charge on any atom is 0.258 e. The number of nitrogens with one attached hydrogen (secondary N) is 1. The van der Waals surface area contributed by atoms with Crippen molar-refractivity contribution >= 4 is 45.0 Å². The Morgan fingerprint density at radius 2 is 1.96 bits per heavy atom. The molecular formula is C17H20Cl2N4O4S. The predicted molar refractivity (Wildman–Crippen MR) is 107 cm³/mol. The van der Waals surface area contributed by atoms with Crippen molar-refractivity contribution < 1.29 is 17.9 Å². The summed E-state index contributed by atoms with van der Waals surface area (Å²) < 4.78 is 34.0. The number of hydrogen-bond acceptors (Lipinski definition) is 5. The Hall–Kier alpha value is -1.65. The molecule has 1 aromatic heterocycles. The third kappa shape index (κ3) is 4.33. The van der Waals surface area contributed by atoms with Crippen LogP contribution in [0.25, 0.3) is 0 Å². The van der Waals surface area contributed by atoms with Crippen LogP contribution in [0.15, 0.2) is 29.3 Å². The van der Waals surface area contributed by atoms with E-state index in [2.05, 4.69) is 10.4 Å². The van der Waals surface area contributed by atoms with Crippen molar-refractivity contribution in [2.75, 3.05) is 31.6 Å². The summed E-state index contributed by atoms with van der Waals surface area (Å²) in [4.78, 5) is 12.6. The van der Waals surface area contributed by atoms with Crippen molar-refractivity contribution in [1.82, 2.24) is 14.1 Å². The molecule has 1 N–H and O–H groups in total. The number of benzene rings is 1. The van der Waals surface area contributed by atoms with Gasteiger partial charge < -0.3 is 10.1 Å². The lowest BCUT2D eigenvalue weighted by molar-refractivity contribution is 0.0730. The third-order valence-corrected chi connectivity index (χ3v) is 6.92. The van der Waals surface area contributed by atoms with E-state index in [1.165, 1.54) is 16.4 Å². The van der Waals surface area contributed by atoms with Crippen LogP contribution in [-0.2, 0) is 21.3 Å². The van der Waals surface area contributed by atoms with E-state index in [9.17, 15) is 13.2 Å². The van der Waals surface area contributed by atoms with Crippen LogP contribution in [0.1, 0.15) is 23.7 Å². The largest absolute Gasteiger partial charge is 0.379 e. The fraction of sp³-hybridized carbons (Fsp3) is 0.412. The number of carbonyl (C=O) groups is 1. The minimum Gasteiger partial charge on any atom is -0.379 e. The Balaban J connectivity index is 1.92. The second-order valence-corrected chi connectivity index (χ2v) is 8.89. The van der Waals surface area contributed by atoms with Gasteiger partial charge in [0.15, 0.2) is 0 Å². The van der Waals surface area contributed by atoms with Gasteiger partial charge in [0.1, 0.15) is 10.7 Å². The Kier molecular flexibility index (Phi) is 6.61. The molecule has 1 aliphatic heterocycles. The third-order valence-electron chi connectivity index (χ3n) is 4.25. The number of anilines is 1. The number of rotatable bonds is 6. The van der Waals surface area contributed by atoms with E-state index in [1.54, 1.807) is 16.9 Å². The Bertz CT molecular complexity index is 972. The number of morpholine rings is 1. The molecule has 0 aliphatic carbocycles. The van der Waals surface area contributed by atoms with Gasteiger partial charge in [-0.2, -0.15) is 9.40 Å². The first kappa shape index (κ1) is 21.1. The zero-order valence-electron chi connectivity index (χ0n) is 15.2. The summed E-state index contributed by atoms with van der Waals surface area (Å²) in [6.45, 7) is 3.68. The second-order valence-electron chi connectivity index (χ2n) is 6.17. The van der Waals surface area contributed by atoms with Crippen molar-refractivity contribution in [2.45, 2.75) is 24.8 Å². The number of hydrogen-bond donors (Lipinski definition) is 1. The van der Waals surface area contributed by atoms with E-state index in [0.29, 0.717) is 25.6 Å². The molecule has 0 atom stereocenters. The first-order chi connectivity index (χ1) is 13.3. The van der Waals surface area contributed by atoms with Gasteiger partial charge in [-0.3, -0.25) is 4.79 Å². The van der Waals surface area contributed by atoms with Gasteiger partial charge in [0.25, 0.3) is 5.91 Å². The molecule has 11 heteroatoms. The number of nitrogens with zero attached hydrogens (tertiary/aromatic N) is 3. The highest BCUT2D eigenvalue weighted by atomic mass is 35.5. The smallest absolute Gasteiger partial charge is 0.258 e. The van der Waals surface area contributed by atoms with E-state index in [-0.39, 0.29) is 33.6 Å². The maximum absolute atomic E-state index is 12.9. The van der Waals surface area contributed by atoms with Crippen molar-refractivity contribution in [2.24, 2.45) is 0 Å². The minimum atomic E-state index is -3.88. The summed E-state index contributed by atoms with van der Waals surface area (Å²) in [5.41, 5.74) is 0.0159. The lowest BCUT2D eigenvalue weighted by atomic mass is 10.2. The highest BCUT2D eigenvalue weighted by molar-refractivity contribution is 7.89. The quantitative estimate of drug-likeness (QED) is 0.735. The van der Waals surface area contributed by atoms with Crippen molar-refractivity contribution in [1.29, 1.82) is 0 Å². The van der Waals surface area contributed by atoms with Crippen molar-refractivity contribution in [3.63, 3.8) is 0 Å². The molecule has 28 heavy (non-hydrogen) atoms. The van der Waals surface area contributed by atoms with Crippen molar-refractivity contribution in [3.05, 3.63) is 40.0 Å². The normalized spacial score (nSPS) is 15.5. The van der Waals surface area contributed by atoms with Gasteiger partial charge in [0.2, 0.25) is 10.0 Å². The first-order valence-electron chi connectivity index (χ1n) is 8.74. The lowest BCUT2D eigenvalue weighted by Gasteiger charge is -2.26. The fourth-order valence-electron chi connectivity index (χ4n) is 2.84. The summed E-state index contributed by atoms with van der Waals surface area (Å²) in [6, 6.07) is 4.14. The Morgan fingerprint density at radius 3 is 2.64 bits per heavy atom. The minimum absolute atomic E-state index is 0.0159. The molecule has 1 aromatic carbocycles. The van der Waals surface area contributed by atoms with Crippen LogP contribution in [0.5, 0.6) is 0 Å². The molecule has 3 rings (SSSR count). The summed E-state index contributed by atoms with van der Waals surface area (Å²) >= 11 is 12.3. The van der Waals surface area contributed by atoms with E-state index in [4.69, 9.17) is 27.9 Å². The predicted octanol–water partition coefficient (Wildman–Crippen LogP) is 2.87. The standard InChI is InChI=1S/C17H20Cl2N4O4S/c1-2-5-23-16(3-4-20-23)21-17(24)12-10-15(14(19)11-13(12)18)28(25,26)22-6-8-27-9-7-22/h3-4,10-11H,2,5-9H2,1H3,(H,21,24). The molecule has 1 amide bonds. The lowest BCUT2D eigenvalue weighted by Crippen LogP contribution is -2.40. The average Bonchev–Trinajstić information content (AvgIpc) is 3.09. The zero-order chi connectivity index (χ0) is 20.3. The van der Waals surface area contributed by atoms with Crippen LogP contribution < -0.4 is 5.32 Å². The number of ether oxygens (including phenoxy) is 1.